The van der Waals surface area contributed by atoms with Crippen LogP contribution in [-0.2, 0) is 16.1 Å². The summed E-state index contributed by atoms with van der Waals surface area (Å²) in [6.07, 6.45) is 2.82. The number of anilines is 2. The summed E-state index contributed by atoms with van der Waals surface area (Å²) in [6, 6.07) is 13.2. The van der Waals surface area contributed by atoms with Crippen LogP contribution in [0.3, 0.4) is 0 Å². The van der Waals surface area contributed by atoms with Crippen LogP contribution in [0.5, 0.6) is 0 Å². The lowest BCUT2D eigenvalue weighted by Gasteiger charge is -2.35. The molecule has 7 heteroatoms. The summed E-state index contributed by atoms with van der Waals surface area (Å²) in [5, 5.41) is 0.953. The van der Waals surface area contributed by atoms with Gasteiger partial charge in [0, 0.05) is 68.2 Å². The highest BCUT2D eigenvalue weighted by molar-refractivity contribution is 5.86. The largest absolute Gasteiger partial charge is 0.399 e. The minimum atomic E-state index is -0.203. The maximum Gasteiger partial charge on any atom is 0.227 e. The zero-order chi connectivity index (χ0) is 28.5. The predicted octanol–water partition coefficient (Wildman–Crippen LogP) is 6.60. The molecule has 0 radical (unpaired) electrons. The molecular weight excluding hydrogens is 491 g/mol. The summed E-state index contributed by atoms with van der Waals surface area (Å²) in [6.45, 7) is 14.3. The number of nitrogens with two attached hydrogens (primary N) is 1. The van der Waals surface area contributed by atoms with Crippen LogP contribution < -0.4 is 10.6 Å². The number of likely N-dealkylation sites (tertiary alicyclic amines) is 1. The fourth-order valence-electron chi connectivity index (χ4n) is 6.03. The first-order valence-electron chi connectivity index (χ1n) is 14.6. The molecule has 2 atom stereocenters. The molecule has 3 aromatic rings. The summed E-state index contributed by atoms with van der Waals surface area (Å²) in [5.74, 6) is 0.233. The van der Waals surface area contributed by atoms with Crippen molar-refractivity contribution in [3.05, 3.63) is 59.5 Å². The lowest BCUT2D eigenvalue weighted by Crippen LogP contribution is -2.43. The van der Waals surface area contributed by atoms with Gasteiger partial charge in [-0.2, -0.15) is 0 Å². The summed E-state index contributed by atoms with van der Waals surface area (Å²) >= 11 is 0. The molecule has 0 aliphatic carbocycles. The van der Waals surface area contributed by atoms with Crippen LogP contribution in [0.4, 0.5) is 15.8 Å². The van der Waals surface area contributed by atoms with Crippen molar-refractivity contribution in [2.75, 3.05) is 50.5 Å². The highest BCUT2D eigenvalue weighted by Gasteiger charge is 2.35. The number of hydrogen-bond donors (Lipinski definition) is 1. The quantitative estimate of drug-likeness (QED) is 0.359. The first kappa shape index (κ1) is 30.5. The third-order valence-corrected chi connectivity index (χ3v) is 7.77. The van der Waals surface area contributed by atoms with Gasteiger partial charge in [-0.15, -0.1) is 0 Å². The average Bonchev–Trinajstić information content (AvgIpc) is 3.58. The lowest BCUT2D eigenvalue weighted by molar-refractivity contribution is -0.136. The molecule has 0 saturated carbocycles. The molecule has 2 fully saturated rings. The maximum absolute atomic E-state index is 14.9. The number of nitrogens with zero attached hydrogens (tertiary/aromatic N) is 3. The Hall–Kier alpha value is -3.06. The normalized spacial score (nSPS) is 18.8. The molecule has 2 aromatic carbocycles. The van der Waals surface area contributed by atoms with Crippen LogP contribution in [-0.4, -0.2) is 55.3 Å². The number of amides is 1. The van der Waals surface area contributed by atoms with Gasteiger partial charge in [-0.1, -0.05) is 39.8 Å². The van der Waals surface area contributed by atoms with Gasteiger partial charge < -0.3 is 24.8 Å². The molecular formula is C32H47FN4O2. The van der Waals surface area contributed by atoms with Gasteiger partial charge in [0.25, 0.3) is 0 Å². The second kappa shape index (κ2) is 14.4. The Morgan fingerprint density at radius 1 is 1.03 bits per heavy atom. The fraction of sp³-hybridized carbons (Fsp3) is 0.531. The van der Waals surface area contributed by atoms with E-state index in [1.807, 2.05) is 58.0 Å². The number of fused-ring (bicyclic) bond motifs is 1. The molecule has 2 saturated heterocycles. The summed E-state index contributed by atoms with van der Waals surface area (Å²) < 4.78 is 22.3. The van der Waals surface area contributed by atoms with Crippen molar-refractivity contribution in [3.63, 3.8) is 0 Å². The Labute approximate surface area is 233 Å². The Kier molecular flexibility index (Phi) is 11.2. The van der Waals surface area contributed by atoms with Gasteiger partial charge in [0.1, 0.15) is 5.82 Å². The third kappa shape index (κ3) is 6.57. The second-order valence-electron chi connectivity index (χ2n) is 9.94. The molecule has 1 aromatic heterocycles. The maximum atomic E-state index is 14.9. The van der Waals surface area contributed by atoms with Gasteiger partial charge in [0.2, 0.25) is 5.91 Å². The Balaban J connectivity index is 0.00000100. The SMILES string of the molecule is CC.CC.COCCn1c(C2CCCN(C(=O)[C@H]3CCN(c4ccc(N)cc4)C3)C2)c(C)c2cccc(F)c21. The number of benzene rings is 2. The predicted molar refractivity (Wildman–Crippen MR) is 161 cm³/mol. The monoisotopic (exact) mass is 538 g/mol. The van der Waals surface area contributed by atoms with Crippen LogP contribution >= 0.6 is 0 Å². The van der Waals surface area contributed by atoms with E-state index < -0.39 is 0 Å². The summed E-state index contributed by atoms with van der Waals surface area (Å²) in [4.78, 5) is 17.9. The van der Waals surface area contributed by atoms with Crippen molar-refractivity contribution in [1.29, 1.82) is 0 Å². The first-order chi connectivity index (χ1) is 19.0. The molecule has 5 rings (SSSR count). The van der Waals surface area contributed by atoms with Crippen molar-refractivity contribution in [2.45, 2.75) is 66.3 Å². The molecule has 2 aliphatic rings. The number of halogens is 1. The minimum Gasteiger partial charge on any atom is -0.399 e. The van der Waals surface area contributed by atoms with Crippen molar-refractivity contribution in [2.24, 2.45) is 5.92 Å². The molecule has 3 heterocycles. The van der Waals surface area contributed by atoms with E-state index in [9.17, 15) is 9.18 Å². The number of para-hydroxylation sites is 1. The first-order valence-corrected chi connectivity index (χ1v) is 14.6. The summed E-state index contributed by atoms with van der Waals surface area (Å²) in [5.41, 5.74) is 10.6. The van der Waals surface area contributed by atoms with E-state index in [2.05, 4.69) is 21.3 Å². The second-order valence-corrected chi connectivity index (χ2v) is 9.94. The number of aromatic nitrogens is 1. The number of hydrogen-bond acceptors (Lipinski definition) is 4. The molecule has 214 valence electrons. The van der Waals surface area contributed by atoms with Crippen LogP contribution in [0, 0.1) is 18.7 Å². The topological polar surface area (TPSA) is 63.7 Å². The van der Waals surface area contributed by atoms with Gasteiger partial charge in [-0.25, -0.2) is 4.39 Å². The molecule has 0 bridgehead atoms. The minimum absolute atomic E-state index is 0.00388. The summed E-state index contributed by atoms with van der Waals surface area (Å²) in [7, 11) is 1.67. The highest BCUT2D eigenvalue weighted by Crippen LogP contribution is 2.37. The van der Waals surface area contributed by atoms with Gasteiger partial charge in [0.15, 0.2) is 0 Å². The zero-order valence-corrected chi connectivity index (χ0v) is 24.7. The number of methoxy groups -OCH3 is 1. The van der Waals surface area contributed by atoms with Gasteiger partial charge >= 0.3 is 0 Å². The number of ether oxygens (including phenoxy) is 1. The zero-order valence-electron chi connectivity index (χ0n) is 24.7. The molecule has 0 spiro atoms. The number of carbonyl (C=O) groups excluding carboxylic acids is 1. The molecule has 6 nitrogen and oxygen atoms in total. The van der Waals surface area contributed by atoms with Crippen LogP contribution in [0.15, 0.2) is 42.5 Å². The van der Waals surface area contributed by atoms with Crippen LogP contribution in [0.2, 0.25) is 0 Å². The van der Waals surface area contributed by atoms with Gasteiger partial charge in [-0.3, -0.25) is 4.79 Å². The van der Waals surface area contributed by atoms with Crippen LogP contribution in [0.1, 0.15) is 64.1 Å². The number of rotatable bonds is 6. The molecule has 1 unspecified atom stereocenters. The number of nitrogen functional groups attached to an aromatic ring is 1. The van der Waals surface area contributed by atoms with E-state index >= 15 is 0 Å². The van der Waals surface area contributed by atoms with E-state index in [1.54, 1.807) is 13.2 Å². The van der Waals surface area contributed by atoms with Crippen molar-refractivity contribution in [3.8, 4) is 0 Å². The van der Waals surface area contributed by atoms with Crippen molar-refractivity contribution >= 4 is 28.2 Å². The van der Waals surface area contributed by atoms with Crippen LogP contribution in [0.25, 0.3) is 10.9 Å². The van der Waals surface area contributed by atoms with E-state index in [1.165, 1.54) is 6.07 Å². The highest BCUT2D eigenvalue weighted by atomic mass is 19.1. The van der Waals surface area contributed by atoms with E-state index in [-0.39, 0.29) is 23.6 Å². The van der Waals surface area contributed by atoms with E-state index in [0.717, 1.165) is 66.9 Å². The number of carbonyl (C=O) groups is 1. The lowest BCUT2D eigenvalue weighted by atomic mass is 9.91. The average molecular weight is 539 g/mol. The molecule has 2 aliphatic heterocycles. The van der Waals surface area contributed by atoms with Gasteiger partial charge in [0.05, 0.1) is 18.0 Å². The standard InChI is InChI=1S/C28H35FN4O2.2C2H6/c1-19-24-6-3-7-25(29)27(24)33(15-16-35-2)26(19)20-5-4-13-32(17-20)28(34)21-12-14-31(18-21)23-10-8-22(30)9-11-23;2*1-2/h3,6-11,20-21H,4-5,12-18,30H2,1-2H3;2*1-2H3/t20?,21-;;/m0../s1. The molecule has 39 heavy (non-hydrogen) atoms. The molecule has 1 amide bonds. The smallest absolute Gasteiger partial charge is 0.227 e. The number of aryl methyl sites for hydroxylation is 1. The van der Waals surface area contributed by atoms with Gasteiger partial charge in [-0.05, 0) is 62.1 Å². The van der Waals surface area contributed by atoms with Crippen molar-refractivity contribution in [1.82, 2.24) is 9.47 Å². The van der Waals surface area contributed by atoms with Crippen molar-refractivity contribution < 1.29 is 13.9 Å². The fourth-order valence-corrected chi connectivity index (χ4v) is 6.03. The Morgan fingerprint density at radius 3 is 2.44 bits per heavy atom. The van der Waals surface area contributed by atoms with E-state index in [0.29, 0.717) is 25.2 Å². The Bertz CT molecular complexity index is 1210. The van der Waals surface area contributed by atoms with E-state index in [4.69, 9.17) is 10.5 Å². The third-order valence-electron chi connectivity index (χ3n) is 7.77. The molecule has 2 N–H and O–H groups in total. The Morgan fingerprint density at radius 2 is 1.74 bits per heavy atom. The number of piperidine rings is 1.